The predicted octanol–water partition coefficient (Wildman–Crippen LogP) is 3.11. The summed E-state index contributed by atoms with van der Waals surface area (Å²) in [4.78, 5) is 20.6. The first-order valence-electron chi connectivity index (χ1n) is 7.49. The fourth-order valence-electron chi connectivity index (χ4n) is 2.23. The highest BCUT2D eigenvalue weighted by Gasteiger charge is 2.12. The SMILES string of the molecule is O=C(CCSC(=S)NCc1cccnc1)c1cnc2ccccn12. The molecule has 5 nitrogen and oxygen atoms in total. The highest BCUT2D eigenvalue weighted by atomic mass is 32.2. The number of thiocarbonyl (C=S) groups is 1. The van der Waals surface area contributed by atoms with Crippen molar-refractivity contribution in [2.24, 2.45) is 0 Å². The van der Waals surface area contributed by atoms with Crippen LogP contribution in [0.5, 0.6) is 0 Å². The Morgan fingerprint density at radius 2 is 2.17 bits per heavy atom. The van der Waals surface area contributed by atoms with Gasteiger partial charge in [-0.15, -0.1) is 0 Å². The van der Waals surface area contributed by atoms with Gasteiger partial charge in [0.1, 0.15) is 15.7 Å². The van der Waals surface area contributed by atoms with Crippen molar-refractivity contribution in [1.82, 2.24) is 19.7 Å². The minimum atomic E-state index is 0.0660. The summed E-state index contributed by atoms with van der Waals surface area (Å²) >= 11 is 6.76. The van der Waals surface area contributed by atoms with Gasteiger partial charge in [-0.2, -0.15) is 0 Å². The molecule has 0 unspecified atom stereocenters. The van der Waals surface area contributed by atoms with Crippen LogP contribution in [0.4, 0.5) is 0 Å². The zero-order chi connectivity index (χ0) is 16.8. The van der Waals surface area contributed by atoms with E-state index in [2.05, 4.69) is 15.3 Å². The molecule has 24 heavy (non-hydrogen) atoms. The van der Waals surface area contributed by atoms with Gasteiger partial charge >= 0.3 is 0 Å². The smallest absolute Gasteiger partial charge is 0.182 e. The van der Waals surface area contributed by atoms with Crippen LogP contribution >= 0.6 is 24.0 Å². The Hall–Kier alpha value is -2.25. The number of hydrogen-bond acceptors (Lipinski definition) is 5. The zero-order valence-electron chi connectivity index (χ0n) is 12.9. The van der Waals surface area contributed by atoms with E-state index in [1.165, 1.54) is 11.8 Å². The monoisotopic (exact) mass is 356 g/mol. The summed E-state index contributed by atoms with van der Waals surface area (Å²) in [5.41, 5.74) is 2.46. The number of aromatic nitrogens is 3. The number of thioether (sulfide) groups is 1. The van der Waals surface area contributed by atoms with Gasteiger partial charge in [0, 0.05) is 37.3 Å². The number of ketones is 1. The summed E-state index contributed by atoms with van der Waals surface area (Å²) in [6.45, 7) is 0.640. The summed E-state index contributed by atoms with van der Waals surface area (Å²) in [5.74, 6) is 0.703. The summed E-state index contributed by atoms with van der Waals surface area (Å²) in [6, 6.07) is 9.54. The lowest BCUT2D eigenvalue weighted by atomic mass is 10.2. The van der Waals surface area contributed by atoms with E-state index in [-0.39, 0.29) is 5.78 Å². The van der Waals surface area contributed by atoms with Crippen LogP contribution in [0.1, 0.15) is 22.5 Å². The maximum absolute atomic E-state index is 12.3. The Morgan fingerprint density at radius 1 is 1.25 bits per heavy atom. The third-order valence-corrected chi connectivity index (χ3v) is 4.74. The molecule has 122 valence electrons. The Morgan fingerprint density at radius 3 is 3.00 bits per heavy atom. The average Bonchev–Trinajstić information content (AvgIpc) is 3.05. The van der Waals surface area contributed by atoms with E-state index >= 15 is 0 Å². The first kappa shape index (κ1) is 16.6. The quantitative estimate of drug-likeness (QED) is 0.541. The lowest BCUT2D eigenvalue weighted by Gasteiger charge is -2.07. The van der Waals surface area contributed by atoms with E-state index in [4.69, 9.17) is 12.2 Å². The van der Waals surface area contributed by atoms with Crippen LogP contribution in [-0.4, -0.2) is 30.2 Å². The van der Waals surface area contributed by atoms with Crippen LogP contribution in [0.3, 0.4) is 0 Å². The van der Waals surface area contributed by atoms with E-state index in [0.29, 0.717) is 28.7 Å². The van der Waals surface area contributed by atoms with Crippen LogP contribution in [0.25, 0.3) is 5.65 Å². The van der Waals surface area contributed by atoms with Crippen LogP contribution < -0.4 is 5.32 Å². The molecule has 7 heteroatoms. The van der Waals surface area contributed by atoms with Gasteiger partial charge in [0.05, 0.1) is 6.20 Å². The lowest BCUT2D eigenvalue weighted by Crippen LogP contribution is -2.18. The van der Waals surface area contributed by atoms with E-state index in [1.54, 1.807) is 18.6 Å². The van der Waals surface area contributed by atoms with Crippen molar-refractivity contribution in [2.75, 3.05) is 5.75 Å². The number of carbonyl (C=O) groups is 1. The summed E-state index contributed by atoms with van der Waals surface area (Å²) in [6.07, 6.45) is 7.43. The van der Waals surface area contributed by atoms with Crippen molar-refractivity contribution >= 4 is 39.7 Å². The second-order valence-electron chi connectivity index (χ2n) is 5.10. The maximum Gasteiger partial charge on any atom is 0.182 e. The van der Waals surface area contributed by atoms with Gasteiger partial charge in [-0.1, -0.05) is 36.1 Å². The molecule has 3 rings (SSSR count). The number of rotatable bonds is 6. The molecule has 0 saturated heterocycles. The second-order valence-corrected chi connectivity index (χ2v) is 6.87. The van der Waals surface area contributed by atoms with Gasteiger partial charge < -0.3 is 5.32 Å². The molecule has 0 amide bonds. The van der Waals surface area contributed by atoms with E-state index in [1.807, 2.05) is 40.9 Å². The van der Waals surface area contributed by atoms with Crippen molar-refractivity contribution in [3.05, 3.63) is 66.4 Å². The number of pyridine rings is 2. The molecule has 0 radical (unpaired) electrons. The molecule has 3 aromatic heterocycles. The fourth-order valence-corrected chi connectivity index (χ4v) is 3.20. The molecule has 0 saturated carbocycles. The largest absolute Gasteiger partial charge is 0.367 e. The van der Waals surface area contributed by atoms with Gasteiger partial charge in [-0.05, 0) is 23.8 Å². The van der Waals surface area contributed by atoms with Crippen LogP contribution in [0.15, 0.2) is 55.1 Å². The number of nitrogens with zero attached hydrogens (tertiary/aromatic N) is 3. The van der Waals surface area contributed by atoms with Crippen LogP contribution in [-0.2, 0) is 6.54 Å². The van der Waals surface area contributed by atoms with E-state index in [9.17, 15) is 4.79 Å². The molecule has 0 aliphatic carbocycles. The molecule has 0 spiro atoms. The molecule has 1 N–H and O–H groups in total. The Kier molecular flexibility index (Phi) is 5.55. The molecule has 0 aromatic carbocycles. The minimum Gasteiger partial charge on any atom is -0.367 e. The molecule has 0 fully saturated rings. The van der Waals surface area contributed by atoms with E-state index in [0.717, 1.165) is 11.2 Å². The third kappa shape index (κ3) is 4.18. The summed E-state index contributed by atoms with van der Waals surface area (Å²) < 4.78 is 2.50. The van der Waals surface area contributed by atoms with Crippen molar-refractivity contribution < 1.29 is 4.79 Å². The predicted molar refractivity (Wildman–Crippen MR) is 100 cm³/mol. The molecular formula is C17H16N4OS2. The van der Waals surface area contributed by atoms with Crippen LogP contribution in [0, 0.1) is 0 Å². The summed E-state index contributed by atoms with van der Waals surface area (Å²) in [7, 11) is 0. The first-order valence-corrected chi connectivity index (χ1v) is 8.88. The molecular weight excluding hydrogens is 340 g/mol. The van der Waals surface area contributed by atoms with Crippen molar-refractivity contribution in [3.63, 3.8) is 0 Å². The van der Waals surface area contributed by atoms with Gasteiger partial charge in [0.15, 0.2) is 5.78 Å². The molecule has 0 aliphatic rings. The topological polar surface area (TPSA) is 59.3 Å². The molecule has 0 aliphatic heterocycles. The highest BCUT2D eigenvalue weighted by molar-refractivity contribution is 8.22. The van der Waals surface area contributed by atoms with Crippen molar-refractivity contribution in [3.8, 4) is 0 Å². The number of Topliss-reactive ketones (excluding diaryl/α,β-unsaturated/α-hetero) is 1. The van der Waals surface area contributed by atoms with Crippen LogP contribution in [0.2, 0.25) is 0 Å². The summed E-state index contributed by atoms with van der Waals surface area (Å²) in [5, 5.41) is 3.16. The second kappa shape index (κ2) is 8.03. The third-order valence-electron chi connectivity index (χ3n) is 3.42. The zero-order valence-corrected chi connectivity index (χ0v) is 14.5. The number of fused-ring (bicyclic) bond motifs is 1. The Bertz CT molecular complexity index is 848. The van der Waals surface area contributed by atoms with Gasteiger partial charge in [0.25, 0.3) is 0 Å². The first-order chi connectivity index (χ1) is 11.7. The van der Waals surface area contributed by atoms with Gasteiger partial charge in [-0.3, -0.25) is 14.2 Å². The van der Waals surface area contributed by atoms with Gasteiger partial charge in [0.2, 0.25) is 0 Å². The van der Waals surface area contributed by atoms with Crippen molar-refractivity contribution in [2.45, 2.75) is 13.0 Å². The Labute approximate surface area is 149 Å². The number of imidazole rings is 1. The maximum atomic E-state index is 12.3. The molecule has 3 aromatic rings. The number of carbonyl (C=O) groups excluding carboxylic acids is 1. The van der Waals surface area contributed by atoms with Gasteiger partial charge in [-0.25, -0.2) is 4.98 Å². The average molecular weight is 356 g/mol. The number of hydrogen-bond donors (Lipinski definition) is 1. The Balaban J connectivity index is 1.46. The normalized spacial score (nSPS) is 10.7. The lowest BCUT2D eigenvalue weighted by molar-refractivity contribution is 0.0984. The standard InChI is InChI=1S/C17H16N4OS2/c22-15(14-12-19-16-5-1-2-8-21(14)16)6-9-24-17(23)20-11-13-4-3-7-18-10-13/h1-5,7-8,10,12H,6,9,11H2,(H,20,23). The molecule has 3 heterocycles. The number of nitrogens with one attached hydrogen (secondary N) is 1. The highest BCUT2D eigenvalue weighted by Crippen LogP contribution is 2.12. The van der Waals surface area contributed by atoms with E-state index < -0.39 is 0 Å². The molecule has 0 bridgehead atoms. The fraction of sp³-hybridized carbons (Fsp3) is 0.176. The van der Waals surface area contributed by atoms with Crippen molar-refractivity contribution in [1.29, 1.82) is 0 Å². The molecule has 0 atom stereocenters. The minimum absolute atomic E-state index is 0.0660.